The van der Waals surface area contributed by atoms with Gasteiger partial charge in [-0.3, -0.25) is 14.1 Å². The van der Waals surface area contributed by atoms with E-state index in [2.05, 4.69) is 0 Å². The second-order valence-corrected chi connectivity index (χ2v) is 9.73. The Balaban J connectivity index is 2.68. The van der Waals surface area contributed by atoms with E-state index < -0.39 is 44.2 Å². The molecule has 1 aromatic rings. The van der Waals surface area contributed by atoms with E-state index in [1.165, 1.54) is 0 Å². The maximum atomic E-state index is 12.8. The topological polar surface area (TPSA) is 97.4 Å². The van der Waals surface area contributed by atoms with Crippen LogP contribution in [0.3, 0.4) is 0 Å². The number of esters is 2. The molecule has 0 aliphatic carbocycles. The van der Waals surface area contributed by atoms with Crippen LogP contribution in [0.25, 0.3) is 0 Å². The van der Waals surface area contributed by atoms with Crippen LogP contribution in [0.4, 0.5) is 0 Å². The Morgan fingerprint density at radius 2 is 1.21 bits per heavy atom. The van der Waals surface area contributed by atoms with E-state index in [0.29, 0.717) is 0 Å². The molecule has 0 N–H and O–H groups in total. The van der Waals surface area contributed by atoms with Crippen molar-refractivity contribution < 1.29 is 37.2 Å². The number of phosphoric ester groups is 1. The summed E-state index contributed by atoms with van der Waals surface area (Å²) in [6.07, 6.45) is 0. The summed E-state index contributed by atoms with van der Waals surface area (Å²) in [5.41, 5.74) is -0.767. The van der Waals surface area contributed by atoms with Crippen LogP contribution >= 0.6 is 7.82 Å². The van der Waals surface area contributed by atoms with Crippen molar-refractivity contribution in [3.63, 3.8) is 0 Å². The van der Waals surface area contributed by atoms with Crippen molar-refractivity contribution >= 4 is 19.8 Å². The van der Waals surface area contributed by atoms with E-state index >= 15 is 0 Å². The van der Waals surface area contributed by atoms with Gasteiger partial charge in [0.15, 0.2) is 0 Å². The van der Waals surface area contributed by atoms with Gasteiger partial charge in [0.05, 0.1) is 17.4 Å². The molecule has 0 heterocycles. The molecule has 9 heteroatoms. The Morgan fingerprint density at radius 1 is 0.786 bits per heavy atom. The third-order valence-electron chi connectivity index (χ3n) is 3.26. The molecular weight excluding hydrogens is 387 g/mol. The number of phosphoric acid groups is 1. The fourth-order valence-corrected chi connectivity index (χ4v) is 2.46. The highest BCUT2D eigenvalue weighted by atomic mass is 31.2. The third kappa shape index (κ3) is 8.97. The lowest BCUT2D eigenvalue weighted by atomic mass is 9.98. The zero-order chi connectivity index (χ0) is 21.4. The van der Waals surface area contributed by atoms with E-state index in [-0.39, 0.29) is 6.61 Å². The fraction of sp³-hybridized carbons (Fsp3) is 0.579. The van der Waals surface area contributed by atoms with Gasteiger partial charge in [0, 0.05) is 0 Å². The maximum absolute atomic E-state index is 12.8. The second-order valence-electron chi connectivity index (χ2n) is 8.06. The highest BCUT2D eigenvalue weighted by Crippen LogP contribution is 2.50. The number of rotatable bonds is 9. The molecule has 1 aromatic carbocycles. The molecule has 0 saturated carbocycles. The smallest absolute Gasteiger partial charge is 0.437 e. The van der Waals surface area contributed by atoms with Gasteiger partial charge in [0.1, 0.15) is 0 Å². The number of hydrogen-bond acceptors (Lipinski definition) is 8. The molecule has 0 saturated heterocycles. The molecule has 0 aromatic heterocycles. The zero-order valence-corrected chi connectivity index (χ0v) is 18.1. The first-order chi connectivity index (χ1) is 12.8. The summed E-state index contributed by atoms with van der Waals surface area (Å²) in [7, 11) is -4.16. The molecule has 0 aliphatic rings. The van der Waals surface area contributed by atoms with Crippen LogP contribution in [0.1, 0.15) is 47.1 Å². The first-order valence-electron chi connectivity index (χ1n) is 8.75. The summed E-state index contributed by atoms with van der Waals surface area (Å²) in [5, 5.41) is 0. The van der Waals surface area contributed by atoms with Gasteiger partial charge in [-0.25, -0.2) is 13.6 Å². The van der Waals surface area contributed by atoms with Gasteiger partial charge in [0.25, 0.3) is 0 Å². The first kappa shape index (κ1) is 24.3. The highest BCUT2D eigenvalue weighted by Gasteiger charge is 2.31. The Hall–Kier alpha value is -1.73. The molecule has 0 aliphatic heterocycles. The maximum Gasteiger partial charge on any atom is 0.480 e. The Labute approximate surface area is 166 Å². The van der Waals surface area contributed by atoms with Crippen molar-refractivity contribution in [2.45, 2.75) is 48.1 Å². The number of benzene rings is 1. The predicted molar refractivity (Wildman–Crippen MR) is 102 cm³/mol. The van der Waals surface area contributed by atoms with Gasteiger partial charge in [-0.1, -0.05) is 30.3 Å². The SMILES string of the molecule is CC(C)(C)C(=O)OCOP(=O)(OCOC(=O)C(C)(C)C)OCc1ccccc1. The van der Waals surface area contributed by atoms with E-state index in [1.54, 1.807) is 65.8 Å². The average molecular weight is 416 g/mol. The average Bonchev–Trinajstić information content (AvgIpc) is 2.59. The zero-order valence-electron chi connectivity index (χ0n) is 17.2. The number of carbonyl (C=O) groups is 2. The molecule has 0 radical (unpaired) electrons. The lowest BCUT2D eigenvalue weighted by Crippen LogP contribution is -2.25. The van der Waals surface area contributed by atoms with Crippen LogP contribution in [0, 0.1) is 10.8 Å². The quantitative estimate of drug-likeness (QED) is 0.331. The molecule has 158 valence electrons. The molecule has 0 amide bonds. The van der Waals surface area contributed by atoms with Crippen molar-refractivity contribution in [1.29, 1.82) is 0 Å². The van der Waals surface area contributed by atoms with Crippen LogP contribution in [0.15, 0.2) is 30.3 Å². The van der Waals surface area contributed by atoms with Crippen LogP contribution in [-0.4, -0.2) is 25.5 Å². The molecule has 1 rings (SSSR count). The van der Waals surface area contributed by atoms with Gasteiger partial charge in [-0.05, 0) is 47.1 Å². The minimum absolute atomic E-state index is 0.0709. The molecular formula is C19H29O8P. The summed E-state index contributed by atoms with van der Waals surface area (Å²) in [6, 6.07) is 8.95. The fourth-order valence-electron chi connectivity index (χ4n) is 1.56. The first-order valence-corrected chi connectivity index (χ1v) is 10.2. The normalized spacial score (nSPS) is 12.5. The molecule has 0 spiro atoms. The Morgan fingerprint density at radius 3 is 1.61 bits per heavy atom. The Kier molecular flexibility index (Phi) is 8.82. The van der Waals surface area contributed by atoms with Gasteiger partial charge in [0.2, 0.25) is 13.6 Å². The van der Waals surface area contributed by atoms with Crippen molar-refractivity contribution in [1.82, 2.24) is 0 Å². The summed E-state index contributed by atoms with van der Waals surface area (Å²) in [6.45, 7) is 8.69. The Bertz CT molecular complexity index is 652. The van der Waals surface area contributed by atoms with Crippen molar-refractivity contribution in [3.8, 4) is 0 Å². The third-order valence-corrected chi connectivity index (χ3v) is 4.55. The van der Waals surface area contributed by atoms with Crippen molar-refractivity contribution in [2.24, 2.45) is 10.8 Å². The number of ether oxygens (including phenoxy) is 2. The number of hydrogen-bond donors (Lipinski definition) is 0. The summed E-state index contributed by atoms with van der Waals surface area (Å²) < 4.78 is 38.1. The van der Waals surface area contributed by atoms with Crippen molar-refractivity contribution in [2.75, 3.05) is 13.6 Å². The summed E-state index contributed by atoms with van der Waals surface area (Å²) in [4.78, 5) is 23.6. The molecule has 0 fully saturated rings. The van der Waals surface area contributed by atoms with Gasteiger partial charge in [-0.2, -0.15) is 0 Å². The van der Waals surface area contributed by atoms with E-state index in [1.807, 2.05) is 6.07 Å². The summed E-state index contributed by atoms with van der Waals surface area (Å²) >= 11 is 0. The van der Waals surface area contributed by atoms with Crippen LogP contribution in [-0.2, 0) is 43.8 Å². The highest BCUT2D eigenvalue weighted by molar-refractivity contribution is 7.48. The molecule has 0 bridgehead atoms. The summed E-state index contributed by atoms with van der Waals surface area (Å²) in [5.74, 6) is -1.08. The minimum Gasteiger partial charge on any atom is -0.437 e. The van der Waals surface area contributed by atoms with E-state index in [0.717, 1.165) is 5.56 Å². The lowest BCUT2D eigenvalue weighted by Gasteiger charge is -2.21. The van der Waals surface area contributed by atoms with Gasteiger partial charge < -0.3 is 9.47 Å². The van der Waals surface area contributed by atoms with Crippen LogP contribution in [0.2, 0.25) is 0 Å². The molecule has 28 heavy (non-hydrogen) atoms. The van der Waals surface area contributed by atoms with Crippen LogP contribution < -0.4 is 0 Å². The molecule has 8 nitrogen and oxygen atoms in total. The van der Waals surface area contributed by atoms with E-state index in [4.69, 9.17) is 23.0 Å². The lowest BCUT2D eigenvalue weighted by molar-refractivity contribution is -0.163. The van der Waals surface area contributed by atoms with Gasteiger partial charge in [-0.15, -0.1) is 0 Å². The molecule has 0 unspecified atom stereocenters. The van der Waals surface area contributed by atoms with Crippen molar-refractivity contribution in [3.05, 3.63) is 35.9 Å². The van der Waals surface area contributed by atoms with Gasteiger partial charge >= 0.3 is 19.8 Å². The van der Waals surface area contributed by atoms with Crippen LogP contribution in [0.5, 0.6) is 0 Å². The molecule has 0 atom stereocenters. The monoisotopic (exact) mass is 416 g/mol. The van der Waals surface area contributed by atoms with E-state index in [9.17, 15) is 14.2 Å². The standard InChI is InChI=1S/C19H29O8P/c1-18(2,3)16(20)23-13-26-28(22,25-12-15-10-8-7-9-11-15)27-14-24-17(21)19(4,5)6/h7-11H,12-14H2,1-6H3. The second kappa shape index (κ2) is 10.2. The minimum atomic E-state index is -4.16. The number of carbonyl (C=O) groups excluding carboxylic acids is 2. The predicted octanol–water partition coefficient (Wildman–Crippen LogP) is 4.44. The largest absolute Gasteiger partial charge is 0.480 e.